The molecule has 0 amide bonds. The maximum atomic E-state index is 13.5. The molecule has 0 saturated carbocycles. The molecule has 39 heteroatoms. The summed E-state index contributed by atoms with van der Waals surface area (Å²) in [5.74, 6) is -7.42. The second kappa shape index (κ2) is 58.6. The van der Waals surface area contributed by atoms with Crippen LogP contribution in [0.15, 0.2) is 212 Å². The fraction of sp³-hybridized carbons (Fsp3) is 0.523. The van der Waals surface area contributed by atoms with Crippen molar-refractivity contribution in [1.82, 2.24) is 0 Å². The van der Waals surface area contributed by atoms with Gasteiger partial charge in [0.15, 0.2) is 67.9 Å². The highest BCUT2D eigenvalue weighted by molar-refractivity contribution is 5.77. The molecule has 7 aromatic rings. The van der Waals surface area contributed by atoms with Gasteiger partial charge in [0.25, 0.3) is 0 Å². The zero-order chi connectivity index (χ0) is 105. The number of esters is 9. The minimum Gasteiger partial charge on any atom is -0.463 e. The van der Waals surface area contributed by atoms with Crippen molar-refractivity contribution in [3.05, 3.63) is 251 Å². The van der Waals surface area contributed by atoms with E-state index in [-0.39, 0.29) is 51.5 Å². The molecule has 6 saturated heterocycles. The highest BCUT2D eigenvalue weighted by atomic mass is 16.8. The van der Waals surface area contributed by atoms with Crippen LogP contribution < -0.4 is 0 Å². The molecule has 6 aliphatic rings. The molecule has 0 aliphatic carbocycles. The van der Waals surface area contributed by atoms with Crippen molar-refractivity contribution in [2.24, 2.45) is 17.8 Å². The van der Waals surface area contributed by atoms with E-state index >= 15 is 0 Å². The van der Waals surface area contributed by atoms with Crippen LogP contribution in [0.5, 0.6) is 0 Å². The van der Waals surface area contributed by atoms with Crippen LogP contribution in [0.3, 0.4) is 0 Å². The number of hydrogen-bond acceptors (Lipinski definition) is 39. The number of carbonyl (C=O) groups excluding carboxylic acids is 9. The summed E-state index contributed by atoms with van der Waals surface area (Å²) in [6, 6.07) is 65.6. The molecule has 30 atom stereocenters. The minimum atomic E-state index is -1.60. The Labute approximate surface area is 848 Å². The molecule has 39 nitrogen and oxygen atoms in total. The van der Waals surface area contributed by atoms with Crippen LogP contribution in [0.1, 0.15) is 101 Å². The zero-order valence-electron chi connectivity index (χ0n) is 84.6. The molecule has 796 valence electrons. The topological polar surface area (TPSA) is 442 Å². The quantitative estimate of drug-likeness (QED) is 0.0274. The lowest BCUT2D eigenvalue weighted by atomic mass is 9.88. The van der Waals surface area contributed by atoms with Gasteiger partial charge < -0.3 is 142 Å². The first-order chi connectivity index (χ1) is 70.5. The van der Waals surface area contributed by atoms with Gasteiger partial charge in [-0.3, -0.25) is 28.8 Å². The van der Waals surface area contributed by atoms with Crippen molar-refractivity contribution in [3.63, 3.8) is 0 Å². The Balaban J connectivity index is 0.000000208. The lowest BCUT2D eigenvalue weighted by molar-refractivity contribution is -0.359. The molecule has 0 aromatic heterocycles. The number of ether oxygens (including phenoxy) is 29. The fourth-order valence-electron chi connectivity index (χ4n) is 17.7. The summed E-state index contributed by atoms with van der Waals surface area (Å²) in [5.41, 5.74) is 5.94. The summed E-state index contributed by atoms with van der Waals surface area (Å²) >= 11 is 0. The van der Waals surface area contributed by atoms with Gasteiger partial charge in [-0.1, -0.05) is 233 Å². The number of rotatable bonds is 43. The monoisotopic (exact) mass is 2040 g/mol. The Hall–Kier alpha value is -11.1. The Morgan fingerprint density at radius 2 is 0.514 bits per heavy atom. The zero-order valence-corrected chi connectivity index (χ0v) is 84.6. The van der Waals surface area contributed by atoms with Gasteiger partial charge >= 0.3 is 53.7 Å². The molecular formula is C107H134O39. The number of benzene rings is 7. The van der Waals surface area contributed by atoms with Crippen molar-refractivity contribution in [2.45, 2.75) is 274 Å². The third kappa shape index (κ3) is 33.0. The molecular weight excluding hydrogens is 1910 g/mol. The number of carbonyl (C=O) groups is 9. The number of methoxy groups -OCH3 is 7. The Morgan fingerprint density at radius 1 is 0.240 bits per heavy atom. The molecule has 0 bridgehead atoms. The van der Waals surface area contributed by atoms with Gasteiger partial charge in [-0.15, -0.1) is 0 Å². The van der Waals surface area contributed by atoms with Gasteiger partial charge in [0.1, 0.15) is 100 Å². The second-order valence-corrected chi connectivity index (χ2v) is 35.2. The van der Waals surface area contributed by atoms with Gasteiger partial charge in [-0.2, -0.15) is 0 Å². The van der Waals surface area contributed by atoms with E-state index < -0.39 is 239 Å². The maximum absolute atomic E-state index is 13.5. The molecule has 13 rings (SSSR count). The van der Waals surface area contributed by atoms with Crippen molar-refractivity contribution < 1.29 is 186 Å². The lowest BCUT2D eigenvalue weighted by Gasteiger charge is -2.48. The molecule has 6 aliphatic heterocycles. The van der Waals surface area contributed by atoms with E-state index in [2.05, 4.69) is 0 Å². The van der Waals surface area contributed by atoms with E-state index in [1.807, 2.05) is 178 Å². The Kier molecular flexibility index (Phi) is 46.3. The van der Waals surface area contributed by atoms with Crippen LogP contribution in [0.4, 0.5) is 0 Å². The third-order valence-corrected chi connectivity index (χ3v) is 24.8. The number of aliphatic hydroxyl groups is 1. The molecule has 15 unspecified atom stereocenters. The van der Waals surface area contributed by atoms with Crippen LogP contribution in [0, 0.1) is 17.8 Å². The van der Waals surface area contributed by atoms with E-state index in [1.165, 1.54) is 56.1 Å². The average molecular weight is 2040 g/mol. The summed E-state index contributed by atoms with van der Waals surface area (Å²) in [6.45, 7) is 12.9. The number of hydrogen-bond donors (Lipinski definition) is 1. The second-order valence-electron chi connectivity index (χ2n) is 35.2. The van der Waals surface area contributed by atoms with Crippen molar-refractivity contribution in [3.8, 4) is 0 Å². The molecule has 6 fully saturated rings. The number of aliphatic hydroxyl groups excluding tert-OH is 1. The van der Waals surface area contributed by atoms with Crippen LogP contribution in [0.25, 0.3) is 0 Å². The first kappa shape index (κ1) is 115. The Bertz CT molecular complexity index is 4890. The molecule has 0 spiro atoms. The average Bonchev–Trinajstić information content (AvgIpc) is 0.768. The maximum Gasteiger partial charge on any atom is 0.338 e. The first-order valence-electron chi connectivity index (χ1n) is 47.9. The summed E-state index contributed by atoms with van der Waals surface area (Å²) in [5, 5.41) is 11.1. The highest BCUT2D eigenvalue weighted by Gasteiger charge is 2.60. The molecule has 146 heavy (non-hydrogen) atoms. The van der Waals surface area contributed by atoms with E-state index in [1.54, 1.807) is 76.8 Å². The van der Waals surface area contributed by atoms with Crippen molar-refractivity contribution in [2.75, 3.05) is 69.6 Å². The Morgan fingerprint density at radius 3 is 0.822 bits per heavy atom. The van der Waals surface area contributed by atoms with E-state index in [0.717, 1.165) is 47.2 Å². The van der Waals surface area contributed by atoms with Gasteiger partial charge in [0.2, 0.25) is 12.6 Å². The van der Waals surface area contributed by atoms with Crippen LogP contribution in [-0.4, -0.2) is 294 Å². The van der Waals surface area contributed by atoms with Gasteiger partial charge in [-0.05, 0) is 38.9 Å². The van der Waals surface area contributed by atoms with Crippen molar-refractivity contribution >= 4 is 53.7 Å². The van der Waals surface area contributed by atoms with Gasteiger partial charge in [-0.25, -0.2) is 14.4 Å². The minimum absolute atomic E-state index is 0.0105. The highest BCUT2D eigenvalue weighted by Crippen LogP contribution is 2.42. The van der Waals surface area contributed by atoms with Crippen LogP contribution in [-0.2, 0) is 227 Å². The predicted molar refractivity (Wildman–Crippen MR) is 510 cm³/mol. The normalized spacial score (nSPS) is 30.0. The van der Waals surface area contributed by atoms with Gasteiger partial charge in [0.05, 0.1) is 51.3 Å². The van der Waals surface area contributed by atoms with Crippen LogP contribution >= 0.6 is 0 Å². The summed E-state index contributed by atoms with van der Waals surface area (Å²) < 4.78 is 172. The van der Waals surface area contributed by atoms with E-state index in [4.69, 9.17) is 137 Å². The van der Waals surface area contributed by atoms with E-state index in [0.29, 0.717) is 18.8 Å². The summed E-state index contributed by atoms with van der Waals surface area (Å²) in [4.78, 5) is 113. The molecule has 7 aromatic carbocycles. The molecule has 6 heterocycles. The smallest absolute Gasteiger partial charge is 0.338 e. The standard InChI is InChI=1S/C38H48O10.C35H44O14.C34H42O15/c1-25-31(47-38-35(41-4)32(40-3)26(2)33(48-38)36(39)45-23-29-19-13-8-14-20-29)30(24-43-21-27-15-9-6-10-16-27)46-37(42-5)34(25)44-22-28-17-11-7-12-18-28;1-20-27(40-5)31(41-6)34(48-28(20)33(39)44-18-25-15-11-8-12-16-25)49-29-26(19-42-21(2)36)47-35(46-23(4)38)32(30(29)45-22(3)37)43-17-24-13-9-7-10-14-24;1-19(35)42-18-24-26(29(45-20(2)36)31(34(47-24)46-21(3)37)43-16-22-12-8-6-9-13-22)48-33-30(41-5)27(40-4)25(38)28(49-33)32(39)44-17-23-14-10-7-11-15-23/h6-20,25-26,30-35,37-38H,21-24H2,1-5H3;7-16,20,26-32,34-35H,17-19H2,1-6H3;6-15,24-31,33-34,38H,16-18H2,1-5H3/t25?,26-,30?,31-,32?,33?,34?,35+,37-,38+;20-,26?,27?,28?,29+,30?,31+,32?,34-,35+;24?,25-,26+,27?,28?,29?,30+,31?,33+,34+/m000/s1. The first-order valence-corrected chi connectivity index (χ1v) is 47.9. The molecule has 0 radical (unpaired) electrons. The fourth-order valence-corrected chi connectivity index (χ4v) is 17.7. The van der Waals surface area contributed by atoms with Crippen LogP contribution in [0.2, 0.25) is 0 Å². The van der Waals surface area contributed by atoms with E-state index in [9.17, 15) is 48.3 Å². The lowest BCUT2D eigenvalue weighted by Crippen LogP contribution is -2.66. The largest absolute Gasteiger partial charge is 0.463 e. The van der Waals surface area contributed by atoms with Crippen molar-refractivity contribution in [1.29, 1.82) is 0 Å². The van der Waals surface area contributed by atoms with Gasteiger partial charge in [0, 0.05) is 109 Å². The summed E-state index contributed by atoms with van der Waals surface area (Å²) in [7, 11) is 10.3. The SMILES string of the molecule is COC1[C@H](C)C(C(=O)OCc2ccccc2)O[C@@H](O[C@@H]2C(COC(C)=O)O[C@@H](OC(C)=O)C(OCc3ccccc3)C2OC(C)=O)[C@@H]1OC.COC1[C@H](C)C(C(=O)OCc2ccccc2)O[C@@H](O[C@@H]2C(COCc3ccccc3)O[C@H](OC)C(OCc3ccccc3)C2C)[C@@H]1OC.COC1[C@H](O)C(C(=O)OCc2ccccc2)O[C@@H](O[C@@H]2C(COC(C)=O)O[C@@H](OC(C)=O)C(OCc3ccccc3)C2OC(C)=O)[C@@H]1OC. The third-order valence-electron chi connectivity index (χ3n) is 24.8. The summed E-state index contributed by atoms with van der Waals surface area (Å²) in [6.07, 6.45) is -29.6. The molecule has 1 N–H and O–H groups in total. The predicted octanol–water partition coefficient (Wildman–Crippen LogP) is 9.79.